The summed E-state index contributed by atoms with van der Waals surface area (Å²) >= 11 is 0. The maximum atomic E-state index is 12.0. The first-order valence-electron chi connectivity index (χ1n) is 6.30. The van der Waals surface area contributed by atoms with Gasteiger partial charge in [0.05, 0.1) is 12.1 Å². The van der Waals surface area contributed by atoms with Gasteiger partial charge in [0.15, 0.2) is 0 Å². The summed E-state index contributed by atoms with van der Waals surface area (Å²) in [5, 5.41) is 7.80. The topological polar surface area (TPSA) is 57.0 Å². The van der Waals surface area contributed by atoms with Crippen LogP contribution in [0.25, 0.3) is 11.0 Å². The van der Waals surface area contributed by atoms with E-state index in [1.54, 1.807) is 0 Å². The average molecular weight is 267 g/mol. The molecule has 0 saturated heterocycles. The highest BCUT2D eigenvalue weighted by Gasteiger charge is 2.11. The lowest BCUT2D eigenvalue weighted by molar-refractivity contribution is 0.0631. The molecule has 0 unspecified atom stereocenters. The summed E-state index contributed by atoms with van der Waals surface area (Å²) in [6.07, 6.45) is 0. The number of carbonyl (C=O) groups is 1. The standard InChI is InChI=1S/C15H13N3O2/c19-15(11-20-10-12-6-2-1-3-7-12)18-14-9-5-4-8-13(14)16-17-18/h1-9H,10-11H2. The minimum Gasteiger partial charge on any atom is -0.367 e. The van der Waals surface area contributed by atoms with E-state index in [9.17, 15) is 4.79 Å². The van der Waals surface area contributed by atoms with E-state index in [0.29, 0.717) is 17.6 Å². The number of para-hydroxylation sites is 1. The fourth-order valence-corrected chi connectivity index (χ4v) is 1.94. The summed E-state index contributed by atoms with van der Waals surface area (Å²) in [5.74, 6) is -0.227. The van der Waals surface area contributed by atoms with Crippen molar-refractivity contribution in [1.29, 1.82) is 0 Å². The lowest BCUT2D eigenvalue weighted by Crippen LogP contribution is -2.18. The van der Waals surface area contributed by atoms with E-state index in [0.717, 1.165) is 5.56 Å². The van der Waals surface area contributed by atoms with Crippen LogP contribution in [0.15, 0.2) is 54.6 Å². The number of fused-ring (bicyclic) bond motifs is 1. The number of hydrogen-bond acceptors (Lipinski definition) is 4. The molecule has 0 atom stereocenters. The number of carbonyl (C=O) groups excluding carboxylic acids is 1. The lowest BCUT2D eigenvalue weighted by Gasteiger charge is -2.04. The summed E-state index contributed by atoms with van der Waals surface area (Å²) in [6, 6.07) is 17.1. The van der Waals surface area contributed by atoms with Crippen LogP contribution in [-0.2, 0) is 11.3 Å². The zero-order valence-corrected chi connectivity index (χ0v) is 10.8. The van der Waals surface area contributed by atoms with Crippen molar-refractivity contribution in [3.63, 3.8) is 0 Å². The minimum absolute atomic E-state index is 0.0255. The number of nitrogens with zero attached hydrogens (tertiary/aromatic N) is 3. The highest BCUT2D eigenvalue weighted by molar-refractivity contribution is 5.89. The van der Waals surface area contributed by atoms with E-state index < -0.39 is 0 Å². The second kappa shape index (κ2) is 5.63. The third-order valence-corrected chi connectivity index (χ3v) is 2.93. The highest BCUT2D eigenvalue weighted by atomic mass is 16.5. The molecule has 1 aromatic heterocycles. The smallest absolute Gasteiger partial charge is 0.274 e. The fourth-order valence-electron chi connectivity index (χ4n) is 1.94. The molecular formula is C15H13N3O2. The first-order valence-corrected chi connectivity index (χ1v) is 6.30. The zero-order chi connectivity index (χ0) is 13.8. The first-order chi connectivity index (χ1) is 9.84. The summed E-state index contributed by atoms with van der Waals surface area (Å²) < 4.78 is 6.69. The molecule has 5 heteroatoms. The van der Waals surface area contributed by atoms with Crippen molar-refractivity contribution in [2.45, 2.75) is 6.61 Å². The molecule has 0 radical (unpaired) electrons. The van der Waals surface area contributed by atoms with E-state index in [1.165, 1.54) is 4.68 Å². The quantitative estimate of drug-likeness (QED) is 0.727. The van der Waals surface area contributed by atoms with Gasteiger partial charge in [-0.15, -0.1) is 5.10 Å². The number of benzene rings is 2. The number of ether oxygens (including phenoxy) is 1. The van der Waals surface area contributed by atoms with E-state index in [-0.39, 0.29) is 12.5 Å². The summed E-state index contributed by atoms with van der Waals surface area (Å²) in [4.78, 5) is 12.0. The molecule has 0 amide bonds. The molecule has 3 aromatic rings. The van der Waals surface area contributed by atoms with Crippen LogP contribution < -0.4 is 0 Å². The number of rotatable bonds is 4. The molecule has 0 saturated carbocycles. The van der Waals surface area contributed by atoms with Gasteiger partial charge in [-0.2, -0.15) is 4.68 Å². The van der Waals surface area contributed by atoms with Crippen LogP contribution in [-0.4, -0.2) is 27.5 Å². The molecule has 0 bridgehead atoms. The fraction of sp³-hybridized carbons (Fsp3) is 0.133. The van der Waals surface area contributed by atoms with E-state index in [2.05, 4.69) is 10.3 Å². The van der Waals surface area contributed by atoms with Crippen LogP contribution in [0.2, 0.25) is 0 Å². The lowest BCUT2D eigenvalue weighted by atomic mass is 10.2. The maximum absolute atomic E-state index is 12.0. The molecule has 0 aliphatic rings. The minimum atomic E-state index is -0.227. The largest absolute Gasteiger partial charge is 0.367 e. The third kappa shape index (κ3) is 2.57. The third-order valence-electron chi connectivity index (χ3n) is 2.93. The maximum Gasteiger partial charge on any atom is 0.274 e. The molecule has 0 aliphatic carbocycles. The molecule has 5 nitrogen and oxygen atoms in total. The van der Waals surface area contributed by atoms with Gasteiger partial charge in [0, 0.05) is 0 Å². The van der Waals surface area contributed by atoms with Crippen LogP contribution in [0.5, 0.6) is 0 Å². The van der Waals surface area contributed by atoms with Gasteiger partial charge in [0.2, 0.25) is 0 Å². The van der Waals surface area contributed by atoms with Gasteiger partial charge in [0.25, 0.3) is 5.91 Å². The zero-order valence-electron chi connectivity index (χ0n) is 10.8. The van der Waals surface area contributed by atoms with E-state index in [4.69, 9.17) is 4.74 Å². The predicted molar refractivity (Wildman–Crippen MR) is 74.3 cm³/mol. The Labute approximate surface area is 115 Å². The Hall–Kier alpha value is -2.53. The molecule has 20 heavy (non-hydrogen) atoms. The van der Waals surface area contributed by atoms with Gasteiger partial charge in [-0.25, -0.2) is 0 Å². The van der Waals surface area contributed by atoms with Gasteiger partial charge in [-0.3, -0.25) is 4.79 Å². The van der Waals surface area contributed by atoms with Crippen LogP contribution in [0.4, 0.5) is 0 Å². The van der Waals surface area contributed by atoms with Crippen molar-refractivity contribution < 1.29 is 9.53 Å². The second-order valence-electron chi connectivity index (χ2n) is 4.36. The van der Waals surface area contributed by atoms with Crippen molar-refractivity contribution in [3.05, 3.63) is 60.2 Å². The van der Waals surface area contributed by atoms with Crippen LogP contribution in [0.3, 0.4) is 0 Å². The molecule has 0 N–H and O–H groups in total. The summed E-state index contributed by atoms with van der Waals surface area (Å²) in [6.45, 7) is 0.376. The Morgan fingerprint density at radius 3 is 2.65 bits per heavy atom. The summed E-state index contributed by atoms with van der Waals surface area (Å²) in [7, 11) is 0. The Kier molecular flexibility index (Phi) is 3.52. The van der Waals surface area contributed by atoms with Crippen molar-refractivity contribution >= 4 is 16.9 Å². The SMILES string of the molecule is O=C(COCc1ccccc1)n1nnc2ccccc21. The monoisotopic (exact) mass is 267 g/mol. The van der Waals surface area contributed by atoms with Gasteiger partial charge in [-0.05, 0) is 17.7 Å². The number of hydrogen-bond donors (Lipinski definition) is 0. The van der Waals surface area contributed by atoms with Gasteiger partial charge in [0.1, 0.15) is 12.1 Å². The molecular weight excluding hydrogens is 254 g/mol. The average Bonchev–Trinajstić information content (AvgIpc) is 2.92. The van der Waals surface area contributed by atoms with Crippen molar-refractivity contribution in [2.24, 2.45) is 0 Å². The first kappa shape index (κ1) is 12.5. The van der Waals surface area contributed by atoms with Gasteiger partial charge < -0.3 is 4.74 Å². The Bertz CT molecular complexity index is 722. The molecule has 0 spiro atoms. The normalized spacial score (nSPS) is 10.8. The van der Waals surface area contributed by atoms with E-state index in [1.807, 2.05) is 54.6 Å². The van der Waals surface area contributed by atoms with Gasteiger partial charge in [-0.1, -0.05) is 47.7 Å². The van der Waals surface area contributed by atoms with Crippen molar-refractivity contribution in [1.82, 2.24) is 15.0 Å². The summed E-state index contributed by atoms with van der Waals surface area (Å²) in [5.41, 5.74) is 2.42. The van der Waals surface area contributed by atoms with E-state index >= 15 is 0 Å². The molecule has 0 aliphatic heterocycles. The van der Waals surface area contributed by atoms with Crippen molar-refractivity contribution in [3.8, 4) is 0 Å². The Morgan fingerprint density at radius 1 is 1.05 bits per heavy atom. The Morgan fingerprint density at radius 2 is 1.80 bits per heavy atom. The predicted octanol–water partition coefficient (Wildman–Crippen LogP) is 2.29. The molecule has 2 aromatic carbocycles. The molecule has 100 valence electrons. The number of aromatic nitrogens is 3. The molecule has 3 rings (SSSR count). The molecule has 1 heterocycles. The van der Waals surface area contributed by atoms with Crippen molar-refractivity contribution in [2.75, 3.05) is 6.61 Å². The van der Waals surface area contributed by atoms with Crippen LogP contribution >= 0.6 is 0 Å². The highest BCUT2D eigenvalue weighted by Crippen LogP contribution is 2.09. The van der Waals surface area contributed by atoms with Crippen LogP contribution in [0, 0.1) is 0 Å². The van der Waals surface area contributed by atoms with Gasteiger partial charge >= 0.3 is 0 Å². The molecule has 0 fully saturated rings. The second-order valence-corrected chi connectivity index (χ2v) is 4.36. The Balaban J connectivity index is 1.65. The van der Waals surface area contributed by atoms with Crippen LogP contribution in [0.1, 0.15) is 10.4 Å².